The Labute approximate surface area is 89.6 Å². The number of rotatable bonds is 2. The molecular formula is C11H16N2O2. The summed E-state index contributed by atoms with van der Waals surface area (Å²) in [7, 11) is 3.40. The normalized spacial score (nSPS) is 19.5. The minimum atomic E-state index is 0.198. The minimum absolute atomic E-state index is 0.198. The van der Waals surface area contributed by atoms with Crippen LogP contribution in [0.5, 0.6) is 5.75 Å². The zero-order valence-corrected chi connectivity index (χ0v) is 9.04. The van der Waals surface area contributed by atoms with Gasteiger partial charge in [0.1, 0.15) is 5.75 Å². The summed E-state index contributed by atoms with van der Waals surface area (Å²) in [5, 5.41) is 6.67. The summed E-state index contributed by atoms with van der Waals surface area (Å²) in [6, 6.07) is 5.94. The Morgan fingerprint density at radius 1 is 1.13 bits per heavy atom. The van der Waals surface area contributed by atoms with Crippen molar-refractivity contribution in [1.29, 1.82) is 0 Å². The van der Waals surface area contributed by atoms with Gasteiger partial charge in [-0.15, -0.1) is 0 Å². The Kier molecular flexibility index (Phi) is 2.97. The first-order valence-corrected chi connectivity index (χ1v) is 5.02. The number of anilines is 2. The lowest BCUT2D eigenvalue weighted by Gasteiger charge is -2.11. The van der Waals surface area contributed by atoms with Crippen LogP contribution < -0.4 is 15.4 Å². The summed E-state index contributed by atoms with van der Waals surface area (Å²) < 4.78 is 10.5. The average Bonchev–Trinajstić information content (AvgIpc) is 2.50. The van der Waals surface area contributed by atoms with Gasteiger partial charge >= 0.3 is 0 Å². The molecule has 4 heteroatoms. The van der Waals surface area contributed by atoms with Crippen LogP contribution in [0.15, 0.2) is 18.2 Å². The number of ether oxygens (including phenoxy) is 2. The van der Waals surface area contributed by atoms with Gasteiger partial charge in [0.25, 0.3) is 0 Å². The highest BCUT2D eigenvalue weighted by Gasteiger charge is 2.14. The van der Waals surface area contributed by atoms with Crippen molar-refractivity contribution < 1.29 is 9.47 Å². The summed E-state index contributed by atoms with van der Waals surface area (Å²) in [5.41, 5.74) is 2.16. The van der Waals surface area contributed by atoms with Crippen molar-refractivity contribution in [3.05, 3.63) is 18.2 Å². The third-order valence-corrected chi connectivity index (χ3v) is 2.60. The van der Waals surface area contributed by atoms with E-state index in [2.05, 4.69) is 10.6 Å². The molecule has 0 aromatic heterocycles. The monoisotopic (exact) mass is 208 g/mol. The highest BCUT2D eigenvalue weighted by atomic mass is 16.5. The molecule has 1 aromatic rings. The zero-order valence-electron chi connectivity index (χ0n) is 9.04. The molecule has 1 unspecified atom stereocenters. The van der Waals surface area contributed by atoms with Crippen molar-refractivity contribution >= 4 is 11.4 Å². The van der Waals surface area contributed by atoms with E-state index in [0.717, 1.165) is 30.2 Å². The molecule has 1 aliphatic heterocycles. The average molecular weight is 208 g/mol. The van der Waals surface area contributed by atoms with Gasteiger partial charge in [-0.3, -0.25) is 0 Å². The Morgan fingerprint density at radius 2 is 1.87 bits per heavy atom. The summed E-state index contributed by atoms with van der Waals surface area (Å²) >= 11 is 0. The summed E-state index contributed by atoms with van der Waals surface area (Å²) in [6.07, 6.45) is 0.198. The number of methoxy groups -OCH3 is 2. The number of hydrogen-bond donors (Lipinski definition) is 2. The maximum absolute atomic E-state index is 5.30. The van der Waals surface area contributed by atoms with E-state index in [4.69, 9.17) is 9.47 Å². The van der Waals surface area contributed by atoms with Crippen molar-refractivity contribution in [2.45, 2.75) is 6.10 Å². The van der Waals surface area contributed by atoms with Gasteiger partial charge in [0.2, 0.25) is 0 Å². The molecule has 2 N–H and O–H groups in total. The predicted molar refractivity (Wildman–Crippen MR) is 60.8 cm³/mol. The second-order valence-corrected chi connectivity index (χ2v) is 3.53. The fourth-order valence-corrected chi connectivity index (χ4v) is 1.64. The predicted octanol–water partition coefficient (Wildman–Crippen LogP) is 1.55. The van der Waals surface area contributed by atoms with E-state index in [-0.39, 0.29) is 6.10 Å². The molecule has 1 aromatic carbocycles. The smallest absolute Gasteiger partial charge is 0.121 e. The zero-order chi connectivity index (χ0) is 10.7. The van der Waals surface area contributed by atoms with Crippen LogP contribution in [0.4, 0.5) is 11.4 Å². The minimum Gasteiger partial charge on any atom is -0.497 e. The van der Waals surface area contributed by atoms with E-state index in [1.54, 1.807) is 14.2 Å². The molecule has 0 spiro atoms. The SMILES string of the molecule is COc1ccc2c(c1)NCC(OC)CN2. The molecular weight excluding hydrogens is 192 g/mol. The van der Waals surface area contributed by atoms with Gasteiger partial charge in [-0.1, -0.05) is 0 Å². The molecule has 4 nitrogen and oxygen atoms in total. The Hall–Kier alpha value is -1.42. The van der Waals surface area contributed by atoms with Crippen molar-refractivity contribution in [2.75, 3.05) is 37.9 Å². The molecule has 2 rings (SSSR count). The van der Waals surface area contributed by atoms with Crippen LogP contribution in [0.1, 0.15) is 0 Å². The quantitative estimate of drug-likeness (QED) is 0.773. The van der Waals surface area contributed by atoms with Gasteiger partial charge in [0.15, 0.2) is 0 Å². The second-order valence-electron chi connectivity index (χ2n) is 3.53. The Bertz CT molecular complexity index is 341. The lowest BCUT2D eigenvalue weighted by atomic mass is 10.2. The Balaban J connectivity index is 2.20. The summed E-state index contributed by atoms with van der Waals surface area (Å²) in [5.74, 6) is 0.860. The van der Waals surface area contributed by atoms with Gasteiger partial charge < -0.3 is 20.1 Å². The third-order valence-electron chi connectivity index (χ3n) is 2.60. The van der Waals surface area contributed by atoms with Crippen molar-refractivity contribution in [3.63, 3.8) is 0 Å². The van der Waals surface area contributed by atoms with E-state index < -0.39 is 0 Å². The van der Waals surface area contributed by atoms with Crippen molar-refractivity contribution in [3.8, 4) is 5.75 Å². The molecule has 82 valence electrons. The number of fused-ring (bicyclic) bond motifs is 1. The molecule has 1 heterocycles. The molecule has 0 aliphatic carbocycles. The van der Waals surface area contributed by atoms with Crippen LogP contribution in [0.2, 0.25) is 0 Å². The van der Waals surface area contributed by atoms with Crippen LogP contribution in [-0.4, -0.2) is 33.4 Å². The number of hydrogen-bond acceptors (Lipinski definition) is 4. The topological polar surface area (TPSA) is 42.5 Å². The van der Waals surface area contributed by atoms with Gasteiger partial charge in [-0.2, -0.15) is 0 Å². The van der Waals surface area contributed by atoms with E-state index in [0.29, 0.717) is 0 Å². The van der Waals surface area contributed by atoms with E-state index >= 15 is 0 Å². The fourth-order valence-electron chi connectivity index (χ4n) is 1.64. The molecule has 1 aliphatic rings. The number of benzene rings is 1. The van der Waals surface area contributed by atoms with Crippen LogP contribution in [0, 0.1) is 0 Å². The lowest BCUT2D eigenvalue weighted by Crippen LogP contribution is -2.26. The van der Waals surface area contributed by atoms with Crippen molar-refractivity contribution in [1.82, 2.24) is 0 Å². The van der Waals surface area contributed by atoms with E-state index in [1.165, 1.54) is 0 Å². The maximum atomic E-state index is 5.30. The first-order valence-electron chi connectivity index (χ1n) is 5.02. The van der Waals surface area contributed by atoms with Crippen LogP contribution >= 0.6 is 0 Å². The van der Waals surface area contributed by atoms with Crippen molar-refractivity contribution in [2.24, 2.45) is 0 Å². The molecule has 0 bridgehead atoms. The third kappa shape index (κ3) is 2.15. The fraction of sp³-hybridized carbons (Fsp3) is 0.455. The van der Waals surface area contributed by atoms with Gasteiger partial charge in [0, 0.05) is 26.3 Å². The molecule has 0 saturated heterocycles. The van der Waals surface area contributed by atoms with Gasteiger partial charge in [-0.25, -0.2) is 0 Å². The second kappa shape index (κ2) is 4.40. The molecule has 0 amide bonds. The van der Waals surface area contributed by atoms with Gasteiger partial charge in [0.05, 0.1) is 24.6 Å². The molecule has 0 radical (unpaired) electrons. The summed E-state index contributed by atoms with van der Waals surface area (Å²) in [6.45, 7) is 1.63. The first kappa shape index (κ1) is 10.1. The van der Waals surface area contributed by atoms with E-state index in [9.17, 15) is 0 Å². The number of nitrogens with one attached hydrogen (secondary N) is 2. The highest BCUT2D eigenvalue weighted by Crippen LogP contribution is 2.28. The molecule has 1 atom stereocenters. The standard InChI is InChI=1S/C11H16N2O2/c1-14-8-3-4-10-11(5-8)13-7-9(15-2)6-12-10/h3-5,9,12-13H,6-7H2,1-2H3. The van der Waals surface area contributed by atoms with Gasteiger partial charge in [-0.05, 0) is 12.1 Å². The maximum Gasteiger partial charge on any atom is 0.121 e. The Morgan fingerprint density at radius 3 is 2.53 bits per heavy atom. The first-order chi connectivity index (χ1) is 7.33. The molecule has 0 saturated carbocycles. The summed E-state index contributed by atoms with van der Waals surface area (Å²) in [4.78, 5) is 0. The van der Waals surface area contributed by atoms with Crippen LogP contribution in [-0.2, 0) is 4.74 Å². The largest absolute Gasteiger partial charge is 0.497 e. The van der Waals surface area contributed by atoms with Crippen LogP contribution in [0.3, 0.4) is 0 Å². The van der Waals surface area contributed by atoms with Crippen LogP contribution in [0.25, 0.3) is 0 Å². The molecule has 0 fully saturated rings. The molecule has 15 heavy (non-hydrogen) atoms. The highest BCUT2D eigenvalue weighted by molar-refractivity contribution is 5.71. The lowest BCUT2D eigenvalue weighted by molar-refractivity contribution is 0.124. The van der Waals surface area contributed by atoms with E-state index in [1.807, 2.05) is 18.2 Å².